The maximum Gasteiger partial charge on any atom is 0.342 e. The third-order valence-corrected chi connectivity index (χ3v) is 12.9. The lowest BCUT2D eigenvalue weighted by Crippen LogP contribution is -2.37. The van der Waals surface area contributed by atoms with Gasteiger partial charge in [-0.05, 0) is 79.7 Å². The Morgan fingerprint density at radius 3 is 1.26 bits per heavy atom. The van der Waals surface area contributed by atoms with Crippen molar-refractivity contribution in [3.8, 4) is 11.5 Å². The monoisotopic (exact) mass is 1070 g/mol. The number of fused-ring (bicyclic) bond motifs is 2. The van der Waals surface area contributed by atoms with Crippen molar-refractivity contribution in [2.75, 3.05) is 24.2 Å². The Labute approximate surface area is 426 Å². The van der Waals surface area contributed by atoms with Gasteiger partial charge in [-0.3, -0.25) is 18.7 Å². The molecule has 400 valence electrons. The van der Waals surface area contributed by atoms with E-state index in [0.717, 1.165) is 0 Å². The van der Waals surface area contributed by atoms with Crippen LogP contribution in [0.25, 0.3) is 22.3 Å². The van der Waals surface area contributed by atoms with E-state index in [1.807, 2.05) is 26.0 Å². The van der Waals surface area contributed by atoms with Gasteiger partial charge in [0.15, 0.2) is 22.9 Å². The predicted molar refractivity (Wildman–Crippen MR) is 272 cm³/mol. The largest absolute Gasteiger partial charge is 0.478 e. The number of nitrogens with one attached hydrogen (secondary N) is 2. The van der Waals surface area contributed by atoms with Crippen LogP contribution in [0.15, 0.2) is 98.1 Å². The molecular formula is C46H62N12O14P2. The second kappa shape index (κ2) is 28.2. The number of benzene rings is 2. The highest BCUT2D eigenvalue weighted by Crippen LogP contribution is 2.45. The predicted octanol–water partition coefficient (Wildman–Crippen LogP) is 5.66. The number of nitrogen functional groups attached to an aromatic ring is 2. The minimum absolute atomic E-state index is 0.272. The van der Waals surface area contributed by atoms with E-state index in [2.05, 4.69) is 40.1 Å². The van der Waals surface area contributed by atoms with Crippen molar-refractivity contribution in [1.29, 1.82) is 0 Å². The molecule has 4 heterocycles. The van der Waals surface area contributed by atoms with Gasteiger partial charge in [0.1, 0.15) is 60.0 Å². The summed E-state index contributed by atoms with van der Waals surface area (Å²) in [7, 11) is -7.28. The molecule has 28 heteroatoms. The first-order chi connectivity index (χ1) is 35.0. The highest BCUT2D eigenvalue weighted by molar-refractivity contribution is 7.57. The number of aromatic nitrogens is 8. The van der Waals surface area contributed by atoms with Crippen LogP contribution in [0.5, 0.6) is 11.5 Å². The van der Waals surface area contributed by atoms with Crippen LogP contribution in [0.2, 0.25) is 0 Å². The minimum atomic E-state index is -3.64. The molecule has 26 nitrogen and oxygen atoms in total. The Hall–Kier alpha value is -7.34. The van der Waals surface area contributed by atoms with Gasteiger partial charge >= 0.3 is 38.9 Å². The molecular weight excluding hydrogens is 1010 g/mol. The van der Waals surface area contributed by atoms with Gasteiger partial charge in [-0.25, -0.2) is 49.7 Å². The highest BCUT2D eigenvalue weighted by atomic mass is 31.2. The summed E-state index contributed by atoms with van der Waals surface area (Å²) in [5.74, 6) is -2.21. The maximum absolute atomic E-state index is 13.6. The third kappa shape index (κ3) is 19.6. The van der Waals surface area contributed by atoms with Gasteiger partial charge in [0, 0.05) is 12.2 Å². The number of anilines is 2. The second-order valence-corrected chi connectivity index (χ2v) is 20.8. The number of nitrogens with two attached hydrogens (primary N) is 2. The molecule has 6 rings (SSSR count). The molecule has 0 amide bonds. The number of carboxylic acid groups (broad SMARTS) is 2. The first-order valence-corrected chi connectivity index (χ1v) is 26.4. The molecule has 2 aromatic carbocycles. The number of carboxylic acids is 2. The highest BCUT2D eigenvalue weighted by Gasteiger charge is 2.33. The standard InChI is InChI=1S/2C21H29N6O5P.C4H4O4/c2*1-14(2)31-21(28)16(4)26-33(29,32-17-8-6-5-7-9-17)13-30-15(3)10-27-12-25-18-19(22)23-11-24-20(18)27;5-3(6)1-2-4(7)8/h2*5-9,11-12,14-16H,10,13H2,1-4H3,(H,26,29)(H2,22,23,24);1-2H,(H,5,6)(H,7,8)/b;;2-1+/t15?,16-,33+;15?,16-,33-;/m00./s1. The minimum Gasteiger partial charge on any atom is -0.478 e. The average molecular weight is 1070 g/mol. The quantitative estimate of drug-likeness (QED) is 0.0242. The Balaban J connectivity index is 0.000000279. The summed E-state index contributed by atoms with van der Waals surface area (Å²) in [4.78, 5) is 68.4. The van der Waals surface area contributed by atoms with Gasteiger partial charge in [0.05, 0.1) is 50.2 Å². The third-order valence-electron chi connectivity index (χ3n) is 9.38. The molecule has 0 saturated heterocycles. The van der Waals surface area contributed by atoms with Crippen LogP contribution < -0.4 is 30.7 Å². The number of para-hydroxylation sites is 2. The molecule has 0 radical (unpaired) electrons. The summed E-state index contributed by atoms with van der Waals surface area (Å²) < 4.78 is 64.4. The van der Waals surface area contributed by atoms with Crippen LogP contribution in [0.4, 0.5) is 11.6 Å². The molecule has 0 aliphatic carbocycles. The summed E-state index contributed by atoms with van der Waals surface area (Å²) in [6.07, 6.45) is 5.14. The Kier molecular flexibility index (Phi) is 22.6. The smallest absolute Gasteiger partial charge is 0.342 e. The number of ether oxygens (including phenoxy) is 4. The summed E-state index contributed by atoms with van der Waals surface area (Å²) in [6, 6.07) is 15.7. The SMILES string of the molecule is CC(C)OC(=O)[C@H](C)N[P@@](=O)(COC(C)Cn1cnc2c(N)ncnc21)Oc1ccccc1.CC(C)OC(=O)[C@H](C)N[P@](=O)(COC(C)Cn1cnc2c(N)ncnc21)Oc1ccccc1.O=C(O)/C=C/C(=O)O. The molecule has 0 spiro atoms. The lowest BCUT2D eigenvalue weighted by Gasteiger charge is -2.25. The summed E-state index contributed by atoms with van der Waals surface area (Å²) in [6.45, 7) is 14.5. The topological polar surface area (TPSA) is 362 Å². The number of aliphatic carboxylic acids is 2. The molecule has 6 atom stereocenters. The lowest BCUT2D eigenvalue weighted by molar-refractivity contribution is -0.149. The molecule has 0 aliphatic rings. The summed E-state index contributed by atoms with van der Waals surface area (Å²) in [5, 5.41) is 21.2. The number of carbonyl (C=O) groups is 4. The van der Waals surface area contributed by atoms with E-state index in [0.29, 0.717) is 70.7 Å². The van der Waals surface area contributed by atoms with E-state index in [1.54, 1.807) is 112 Å². The fraction of sp³-hybridized carbons (Fsp3) is 0.391. The van der Waals surface area contributed by atoms with E-state index in [4.69, 9.17) is 49.7 Å². The van der Waals surface area contributed by atoms with E-state index in [9.17, 15) is 28.3 Å². The van der Waals surface area contributed by atoms with Gasteiger partial charge in [-0.1, -0.05) is 36.4 Å². The molecule has 6 aromatic rings. The van der Waals surface area contributed by atoms with Crippen LogP contribution in [0.3, 0.4) is 0 Å². The fourth-order valence-corrected chi connectivity index (χ4v) is 9.74. The van der Waals surface area contributed by atoms with E-state index in [1.165, 1.54) is 12.7 Å². The van der Waals surface area contributed by atoms with Crippen molar-refractivity contribution in [1.82, 2.24) is 49.2 Å². The molecule has 4 aromatic heterocycles. The number of nitrogens with zero attached hydrogens (tertiary/aromatic N) is 8. The van der Waals surface area contributed by atoms with Crippen molar-refractivity contribution in [3.63, 3.8) is 0 Å². The summed E-state index contributed by atoms with van der Waals surface area (Å²) in [5.41, 5.74) is 13.8. The van der Waals surface area contributed by atoms with Gasteiger partial charge in [-0.15, -0.1) is 0 Å². The van der Waals surface area contributed by atoms with E-state index >= 15 is 0 Å². The van der Waals surface area contributed by atoms with Crippen LogP contribution in [-0.4, -0.2) is 122 Å². The van der Waals surface area contributed by atoms with Crippen molar-refractivity contribution < 1.29 is 66.5 Å². The van der Waals surface area contributed by atoms with Crippen molar-refractivity contribution in [2.24, 2.45) is 0 Å². The molecule has 74 heavy (non-hydrogen) atoms. The molecule has 0 fully saturated rings. The number of rotatable bonds is 24. The van der Waals surface area contributed by atoms with Crippen LogP contribution in [-0.2, 0) is 60.3 Å². The van der Waals surface area contributed by atoms with Crippen molar-refractivity contribution in [2.45, 2.75) is 105 Å². The zero-order chi connectivity index (χ0) is 54.6. The first kappa shape index (κ1) is 59.2. The van der Waals surface area contributed by atoms with Gasteiger partial charge in [-0.2, -0.15) is 0 Å². The lowest BCUT2D eigenvalue weighted by atomic mass is 10.3. The van der Waals surface area contributed by atoms with E-state index in [-0.39, 0.29) is 37.1 Å². The van der Waals surface area contributed by atoms with Crippen LogP contribution in [0.1, 0.15) is 55.4 Å². The molecule has 0 saturated carbocycles. The Morgan fingerprint density at radius 2 is 0.932 bits per heavy atom. The van der Waals surface area contributed by atoms with Crippen molar-refractivity contribution >= 4 is 72.9 Å². The zero-order valence-electron chi connectivity index (χ0n) is 42.0. The zero-order valence-corrected chi connectivity index (χ0v) is 43.7. The number of imidazole rings is 2. The molecule has 0 aliphatic heterocycles. The van der Waals surface area contributed by atoms with Gasteiger partial charge < -0.3 is 58.8 Å². The van der Waals surface area contributed by atoms with E-state index < -0.39 is 51.0 Å². The average Bonchev–Trinajstić information content (AvgIpc) is 3.95. The molecule has 8 N–H and O–H groups in total. The molecule has 2 unspecified atom stereocenters. The normalized spacial score (nSPS) is 14.6. The number of carbonyl (C=O) groups excluding carboxylic acids is 2. The van der Waals surface area contributed by atoms with Crippen molar-refractivity contribution in [3.05, 3.63) is 98.1 Å². The fourth-order valence-electron chi connectivity index (χ4n) is 6.16. The Bertz CT molecular complexity index is 2710. The number of esters is 2. The second-order valence-electron chi connectivity index (χ2n) is 16.7. The Morgan fingerprint density at radius 1 is 0.581 bits per heavy atom. The number of hydrogen-bond donors (Lipinski definition) is 6. The summed E-state index contributed by atoms with van der Waals surface area (Å²) >= 11 is 0. The van der Waals surface area contributed by atoms with Gasteiger partial charge in [0.2, 0.25) is 0 Å². The van der Waals surface area contributed by atoms with Crippen LogP contribution in [0, 0.1) is 0 Å². The molecule has 0 bridgehead atoms. The maximum atomic E-state index is 13.6. The first-order valence-electron chi connectivity index (χ1n) is 22.8. The number of hydrogen-bond acceptors (Lipinski definition) is 20. The van der Waals surface area contributed by atoms with Gasteiger partial charge in [0.25, 0.3) is 0 Å². The van der Waals surface area contributed by atoms with Crippen LogP contribution >= 0.6 is 15.0 Å².